The highest BCUT2D eigenvalue weighted by atomic mass is 35.5. The molecule has 0 saturated heterocycles. The van der Waals surface area contributed by atoms with Crippen molar-refractivity contribution in [2.45, 2.75) is 44.4 Å². The van der Waals surface area contributed by atoms with Gasteiger partial charge >= 0.3 is 0 Å². The fraction of sp³-hybridized carbons (Fsp3) is 0.571. The molecule has 0 heterocycles. The Bertz CT molecular complexity index is 413. The predicted molar refractivity (Wildman–Crippen MR) is 71.4 cm³/mol. The van der Waals surface area contributed by atoms with E-state index >= 15 is 0 Å². The Balaban J connectivity index is 1.95. The van der Waals surface area contributed by atoms with Gasteiger partial charge in [-0.15, -0.1) is 0 Å². The van der Waals surface area contributed by atoms with Crippen molar-refractivity contribution in [2.75, 3.05) is 7.11 Å². The van der Waals surface area contributed by atoms with Crippen LogP contribution in [0.15, 0.2) is 18.2 Å². The monoisotopic (exact) mass is 271 g/mol. The van der Waals surface area contributed by atoms with Crippen molar-refractivity contribution in [1.29, 1.82) is 0 Å². The summed E-state index contributed by atoms with van der Waals surface area (Å²) in [5, 5.41) is 3.69. The lowest BCUT2D eigenvalue weighted by Gasteiger charge is -2.20. The highest BCUT2D eigenvalue weighted by molar-refractivity contribution is 6.30. The Morgan fingerprint density at radius 3 is 2.83 bits per heavy atom. The van der Waals surface area contributed by atoms with Crippen LogP contribution in [-0.2, 0) is 4.74 Å². The van der Waals surface area contributed by atoms with Crippen LogP contribution in [0, 0.1) is 5.82 Å². The van der Waals surface area contributed by atoms with Gasteiger partial charge in [0.1, 0.15) is 5.82 Å². The molecule has 4 heteroatoms. The average Bonchev–Trinajstić information content (AvgIpc) is 2.80. The van der Waals surface area contributed by atoms with Crippen molar-refractivity contribution in [3.8, 4) is 0 Å². The maximum absolute atomic E-state index is 13.4. The first kappa shape index (κ1) is 13.8. The molecule has 0 radical (unpaired) electrons. The van der Waals surface area contributed by atoms with Crippen LogP contribution in [0.4, 0.5) is 4.39 Å². The van der Waals surface area contributed by atoms with Gasteiger partial charge in [-0.25, -0.2) is 4.39 Å². The van der Waals surface area contributed by atoms with Gasteiger partial charge in [0.05, 0.1) is 11.1 Å². The van der Waals surface area contributed by atoms with E-state index in [-0.39, 0.29) is 16.9 Å². The summed E-state index contributed by atoms with van der Waals surface area (Å²) in [5.41, 5.74) is 0.928. The molecule has 100 valence electrons. The number of benzene rings is 1. The van der Waals surface area contributed by atoms with E-state index in [0.717, 1.165) is 24.8 Å². The zero-order chi connectivity index (χ0) is 13.1. The molecule has 1 aliphatic carbocycles. The minimum Gasteiger partial charge on any atom is -0.381 e. The second kappa shape index (κ2) is 6.00. The van der Waals surface area contributed by atoms with E-state index in [1.165, 1.54) is 6.07 Å². The molecular formula is C14H19ClFNO. The molecule has 1 aromatic carbocycles. The van der Waals surface area contributed by atoms with Crippen LogP contribution >= 0.6 is 11.6 Å². The summed E-state index contributed by atoms with van der Waals surface area (Å²) in [5.74, 6) is -0.357. The lowest BCUT2D eigenvalue weighted by molar-refractivity contribution is 0.106. The van der Waals surface area contributed by atoms with Gasteiger partial charge in [0.2, 0.25) is 0 Å². The molecule has 2 nitrogen and oxygen atoms in total. The molecule has 0 aromatic heterocycles. The molecular weight excluding hydrogens is 253 g/mol. The third kappa shape index (κ3) is 3.22. The number of hydrogen-bond acceptors (Lipinski definition) is 2. The average molecular weight is 272 g/mol. The highest BCUT2D eigenvalue weighted by Crippen LogP contribution is 2.25. The number of rotatable bonds is 4. The van der Waals surface area contributed by atoms with Crippen LogP contribution in [0.3, 0.4) is 0 Å². The summed E-state index contributed by atoms with van der Waals surface area (Å²) in [4.78, 5) is 0. The van der Waals surface area contributed by atoms with Crippen molar-refractivity contribution in [3.05, 3.63) is 34.6 Å². The Kier molecular flexibility index (Phi) is 4.60. The third-order valence-electron chi connectivity index (χ3n) is 3.65. The fourth-order valence-electron chi connectivity index (χ4n) is 2.54. The highest BCUT2D eigenvalue weighted by Gasteiger charge is 2.25. The summed E-state index contributed by atoms with van der Waals surface area (Å²) >= 11 is 5.68. The molecule has 1 saturated carbocycles. The van der Waals surface area contributed by atoms with Crippen molar-refractivity contribution in [1.82, 2.24) is 5.32 Å². The molecule has 1 fully saturated rings. The van der Waals surface area contributed by atoms with E-state index < -0.39 is 0 Å². The summed E-state index contributed by atoms with van der Waals surface area (Å²) in [6.45, 7) is 2.04. The standard InChI is InChI=1S/C14H19ClFNO/c1-9(10-3-6-13(15)14(16)7-10)17-11-4-5-12(8-11)18-2/h3,6-7,9,11-12,17H,4-5,8H2,1-2H3. The van der Waals surface area contributed by atoms with Gasteiger partial charge in [-0.2, -0.15) is 0 Å². The lowest BCUT2D eigenvalue weighted by Crippen LogP contribution is -2.30. The van der Waals surface area contributed by atoms with E-state index in [9.17, 15) is 4.39 Å². The zero-order valence-electron chi connectivity index (χ0n) is 10.7. The predicted octanol–water partition coefficient (Wildman–Crippen LogP) is 3.70. The third-order valence-corrected chi connectivity index (χ3v) is 3.95. The maximum Gasteiger partial charge on any atom is 0.142 e. The number of ether oxygens (including phenoxy) is 1. The largest absolute Gasteiger partial charge is 0.381 e. The molecule has 0 spiro atoms. The topological polar surface area (TPSA) is 21.3 Å². The lowest BCUT2D eigenvalue weighted by atomic mass is 10.1. The second-order valence-electron chi connectivity index (χ2n) is 4.93. The van der Waals surface area contributed by atoms with Gasteiger partial charge < -0.3 is 10.1 Å². The Hall–Kier alpha value is -0.640. The maximum atomic E-state index is 13.4. The van der Waals surface area contributed by atoms with E-state index in [1.54, 1.807) is 13.2 Å². The number of hydrogen-bond donors (Lipinski definition) is 1. The Morgan fingerprint density at radius 1 is 1.44 bits per heavy atom. The van der Waals surface area contributed by atoms with Crippen LogP contribution in [0.2, 0.25) is 5.02 Å². The summed E-state index contributed by atoms with van der Waals surface area (Å²) < 4.78 is 18.7. The SMILES string of the molecule is COC1CCC(NC(C)c2ccc(Cl)c(F)c2)C1. The van der Waals surface area contributed by atoms with Gasteiger partial charge in [0.25, 0.3) is 0 Å². The van der Waals surface area contributed by atoms with Crippen molar-refractivity contribution in [2.24, 2.45) is 0 Å². The van der Waals surface area contributed by atoms with Crippen LogP contribution < -0.4 is 5.32 Å². The number of methoxy groups -OCH3 is 1. The van der Waals surface area contributed by atoms with E-state index in [0.29, 0.717) is 12.1 Å². The van der Waals surface area contributed by atoms with Gasteiger partial charge in [-0.3, -0.25) is 0 Å². The normalized spacial score (nSPS) is 25.3. The first-order valence-electron chi connectivity index (χ1n) is 6.34. The van der Waals surface area contributed by atoms with Gasteiger partial charge in [0, 0.05) is 19.2 Å². The van der Waals surface area contributed by atoms with E-state index in [2.05, 4.69) is 5.32 Å². The minimum absolute atomic E-state index is 0.123. The van der Waals surface area contributed by atoms with Crippen LogP contribution in [0.1, 0.15) is 37.8 Å². The quantitative estimate of drug-likeness (QED) is 0.902. The van der Waals surface area contributed by atoms with Crippen molar-refractivity contribution in [3.63, 3.8) is 0 Å². The van der Waals surface area contributed by atoms with Gasteiger partial charge in [-0.1, -0.05) is 17.7 Å². The first-order chi connectivity index (χ1) is 8.60. The Morgan fingerprint density at radius 2 is 2.22 bits per heavy atom. The molecule has 1 aliphatic rings. The van der Waals surface area contributed by atoms with Crippen LogP contribution in [0.25, 0.3) is 0 Å². The zero-order valence-corrected chi connectivity index (χ0v) is 11.5. The van der Waals surface area contributed by atoms with Gasteiger partial charge in [0.15, 0.2) is 0 Å². The fourth-order valence-corrected chi connectivity index (χ4v) is 2.65. The van der Waals surface area contributed by atoms with E-state index in [4.69, 9.17) is 16.3 Å². The summed E-state index contributed by atoms with van der Waals surface area (Å²) in [7, 11) is 1.76. The van der Waals surface area contributed by atoms with E-state index in [1.807, 2.05) is 13.0 Å². The molecule has 1 aromatic rings. The van der Waals surface area contributed by atoms with Crippen LogP contribution in [0.5, 0.6) is 0 Å². The summed E-state index contributed by atoms with van der Waals surface area (Å²) in [6.07, 6.45) is 3.59. The van der Waals surface area contributed by atoms with Crippen molar-refractivity contribution >= 4 is 11.6 Å². The molecule has 3 atom stereocenters. The molecule has 1 N–H and O–H groups in total. The first-order valence-corrected chi connectivity index (χ1v) is 6.71. The molecule has 3 unspecified atom stereocenters. The van der Waals surface area contributed by atoms with Gasteiger partial charge in [-0.05, 0) is 43.9 Å². The van der Waals surface area contributed by atoms with Crippen molar-refractivity contribution < 1.29 is 9.13 Å². The molecule has 2 rings (SSSR count). The van der Waals surface area contributed by atoms with Crippen LogP contribution in [-0.4, -0.2) is 19.3 Å². The molecule has 18 heavy (non-hydrogen) atoms. The molecule has 0 bridgehead atoms. The smallest absolute Gasteiger partial charge is 0.142 e. The Labute approximate surface area is 112 Å². The molecule has 0 amide bonds. The molecule has 0 aliphatic heterocycles. The number of nitrogens with one attached hydrogen (secondary N) is 1. The second-order valence-corrected chi connectivity index (χ2v) is 5.34. The summed E-state index contributed by atoms with van der Waals surface area (Å²) in [6, 6.07) is 5.55. The number of halogens is 2. The minimum atomic E-state index is -0.357.